The van der Waals surface area contributed by atoms with Crippen LogP contribution in [0, 0.1) is 30.6 Å². The number of aromatic nitrogens is 4. The molecule has 21 heavy (non-hydrogen) atoms. The first-order chi connectivity index (χ1) is 10.2. The van der Waals surface area contributed by atoms with Gasteiger partial charge in [0.15, 0.2) is 5.65 Å². The summed E-state index contributed by atoms with van der Waals surface area (Å²) in [5, 5.41) is 9.42. The van der Waals surface area contributed by atoms with Crippen molar-refractivity contribution in [3.8, 4) is 0 Å². The van der Waals surface area contributed by atoms with Gasteiger partial charge in [-0.05, 0) is 62.7 Å². The zero-order valence-electron chi connectivity index (χ0n) is 12.2. The Morgan fingerprint density at radius 3 is 2.38 bits per heavy atom. The van der Waals surface area contributed by atoms with E-state index in [2.05, 4.69) is 19.6 Å². The first-order valence-corrected chi connectivity index (χ1v) is 8.45. The molecule has 0 spiro atoms. The van der Waals surface area contributed by atoms with Gasteiger partial charge in [0.05, 0.1) is 0 Å². The number of aryl methyl sites for hydroxylation is 1. The van der Waals surface area contributed by atoms with Crippen molar-refractivity contribution in [1.82, 2.24) is 19.6 Å². The summed E-state index contributed by atoms with van der Waals surface area (Å²) in [6.07, 6.45) is 7.06. The van der Waals surface area contributed by atoms with Crippen LogP contribution in [0.2, 0.25) is 5.15 Å². The molecule has 4 aliphatic rings. The SMILES string of the molecule is Cc1nc(Cl)cc2nnc(C3C4CC5CC(C4)CC3C5)n12. The van der Waals surface area contributed by atoms with Crippen LogP contribution in [0.4, 0.5) is 0 Å². The number of hydrogen-bond acceptors (Lipinski definition) is 3. The van der Waals surface area contributed by atoms with E-state index in [0.29, 0.717) is 11.1 Å². The number of fused-ring (bicyclic) bond motifs is 1. The molecule has 110 valence electrons. The molecule has 2 heterocycles. The summed E-state index contributed by atoms with van der Waals surface area (Å²) >= 11 is 6.05. The summed E-state index contributed by atoms with van der Waals surface area (Å²) in [6, 6.07) is 1.82. The lowest BCUT2D eigenvalue weighted by Crippen LogP contribution is -2.44. The van der Waals surface area contributed by atoms with Crippen molar-refractivity contribution in [2.75, 3.05) is 0 Å². The van der Waals surface area contributed by atoms with Crippen molar-refractivity contribution in [2.24, 2.45) is 23.7 Å². The fraction of sp³-hybridized carbons (Fsp3) is 0.688. The third-order valence-corrected chi connectivity index (χ3v) is 6.27. The van der Waals surface area contributed by atoms with Crippen LogP contribution >= 0.6 is 11.6 Å². The van der Waals surface area contributed by atoms with E-state index in [0.717, 1.165) is 41.0 Å². The first-order valence-electron chi connectivity index (χ1n) is 8.07. The molecule has 5 heteroatoms. The van der Waals surface area contributed by atoms with Crippen LogP contribution in [-0.4, -0.2) is 19.6 Å². The van der Waals surface area contributed by atoms with Crippen LogP contribution in [0.1, 0.15) is 49.7 Å². The lowest BCUT2D eigenvalue weighted by Gasteiger charge is -2.53. The van der Waals surface area contributed by atoms with E-state index in [4.69, 9.17) is 11.6 Å². The first kappa shape index (κ1) is 12.4. The zero-order chi connectivity index (χ0) is 14.1. The molecule has 2 aromatic rings. The summed E-state index contributed by atoms with van der Waals surface area (Å²) in [5.41, 5.74) is 0.844. The normalized spacial score (nSPS) is 37.5. The Balaban J connectivity index is 1.65. The van der Waals surface area contributed by atoms with Crippen LogP contribution in [0.3, 0.4) is 0 Å². The van der Waals surface area contributed by atoms with E-state index in [1.807, 2.05) is 13.0 Å². The zero-order valence-corrected chi connectivity index (χ0v) is 12.9. The lowest BCUT2D eigenvalue weighted by molar-refractivity contribution is -0.00603. The number of rotatable bonds is 1. The smallest absolute Gasteiger partial charge is 0.165 e. The van der Waals surface area contributed by atoms with Gasteiger partial charge in [0.25, 0.3) is 0 Å². The maximum absolute atomic E-state index is 6.05. The highest BCUT2D eigenvalue weighted by Gasteiger charge is 2.50. The monoisotopic (exact) mass is 302 g/mol. The molecule has 4 nitrogen and oxygen atoms in total. The Morgan fingerprint density at radius 1 is 1.05 bits per heavy atom. The van der Waals surface area contributed by atoms with Gasteiger partial charge < -0.3 is 0 Å². The number of nitrogens with zero attached hydrogens (tertiary/aromatic N) is 4. The van der Waals surface area contributed by atoms with Crippen molar-refractivity contribution >= 4 is 17.2 Å². The van der Waals surface area contributed by atoms with Crippen molar-refractivity contribution < 1.29 is 0 Å². The second-order valence-corrected chi connectivity index (χ2v) is 7.72. The molecule has 4 bridgehead atoms. The fourth-order valence-electron chi connectivity index (χ4n) is 5.64. The summed E-state index contributed by atoms with van der Waals surface area (Å²) < 4.78 is 2.14. The second kappa shape index (κ2) is 4.19. The molecule has 0 aliphatic heterocycles. The van der Waals surface area contributed by atoms with Gasteiger partial charge in [0.1, 0.15) is 16.8 Å². The fourth-order valence-corrected chi connectivity index (χ4v) is 5.86. The molecule has 0 aromatic carbocycles. The second-order valence-electron chi connectivity index (χ2n) is 7.33. The van der Waals surface area contributed by atoms with Crippen molar-refractivity contribution in [3.05, 3.63) is 22.9 Å². The molecular weight excluding hydrogens is 284 g/mol. The van der Waals surface area contributed by atoms with Crippen LogP contribution in [0.15, 0.2) is 6.07 Å². The lowest BCUT2D eigenvalue weighted by atomic mass is 9.51. The molecule has 0 unspecified atom stereocenters. The van der Waals surface area contributed by atoms with Gasteiger partial charge in [-0.15, -0.1) is 10.2 Å². The van der Waals surface area contributed by atoms with E-state index < -0.39 is 0 Å². The predicted molar refractivity (Wildman–Crippen MR) is 80.3 cm³/mol. The van der Waals surface area contributed by atoms with Gasteiger partial charge in [0.2, 0.25) is 0 Å². The molecular formula is C16H19ClN4. The Hall–Kier alpha value is -1.16. The van der Waals surface area contributed by atoms with Crippen molar-refractivity contribution in [2.45, 2.75) is 44.9 Å². The Kier molecular flexibility index (Phi) is 2.47. The Labute approximate surface area is 128 Å². The third kappa shape index (κ3) is 1.71. The molecule has 0 N–H and O–H groups in total. The van der Waals surface area contributed by atoms with Gasteiger partial charge in [-0.3, -0.25) is 4.40 Å². The van der Waals surface area contributed by atoms with Gasteiger partial charge in [-0.1, -0.05) is 11.6 Å². The van der Waals surface area contributed by atoms with Gasteiger partial charge in [-0.2, -0.15) is 0 Å². The standard InChI is InChI=1S/C16H19ClN4/c1-8-18-13(17)7-14-19-20-16(21(8)14)15-11-3-9-2-10(5-11)6-12(15)4-9/h7,9-12,15H,2-6H2,1H3. The molecule has 0 saturated heterocycles. The van der Waals surface area contributed by atoms with E-state index in [9.17, 15) is 0 Å². The Bertz CT molecular complexity index is 694. The maximum Gasteiger partial charge on any atom is 0.165 e. The van der Waals surface area contributed by atoms with Gasteiger partial charge in [-0.25, -0.2) is 4.98 Å². The minimum atomic E-state index is 0.504. The Morgan fingerprint density at radius 2 is 1.71 bits per heavy atom. The largest absolute Gasteiger partial charge is 0.266 e. The molecule has 2 aromatic heterocycles. The van der Waals surface area contributed by atoms with Crippen LogP contribution < -0.4 is 0 Å². The minimum absolute atomic E-state index is 0.504. The summed E-state index contributed by atoms with van der Waals surface area (Å²) in [5.74, 6) is 6.21. The van der Waals surface area contributed by atoms with Crippen LogP contribution in [-0.2, 0) is 0 Å². The number of hydrogen-bond donors (Lipinski definition) is 0. The minimum Gasteiger partial charge on any atom is -0.266 e. The predicted octanol–water partition coefficient (Wildman–Crippen LogP) is 3.63. The van der Waals surface area contributed by atoms with Crippen LogP contribution in [0.25, 0.3) is 5.65 Å². The number of halogens is 1. The topological polar surface area (TPSA) is 43.1 Å². The van der Waals surface area contributed by atoms with Gasteiger partial charge >= 0.3 is 0 Å². The average molecular weight is 303 g/mol. The summed E-state index contributed by atoms with van der Waals surface area (Å²) in [4.78, 5) is 4.40. The average Bonchev–Trinajstić information content (AvgIpc) is 2.81. The summed E-state index contributed by atoms with van der Waals surface area (Å²) in [6.45, 7) is 2.00. The van der Waals surface area contributed by atoms with Crippen LogP contribution in [0.5, 0.6) is 0 Å². The summed E-state index contributed by atoms with van der Waals surface area (Å²) in [7, 11) is 0. The quantitative estimate of drug-likeness (QED) is 0.756. The maximum atomic E-state index is 6.05. The molecule has 4 aliphatic carbocycles. The highest BCUT2D eigenvalue weighted by Crippen LogP contribution is 2.59. The van der Waals surface area contributed by atoms with Crippen molar-refractivity contribution in [1.29, 1.82) is 0 Å². The van der Waals surface area contributed by atoms with E-state index in [1.165, 1.54) is 32.1 Å². The molecule has 4 saturated carbocycles. The molecule has 4 fully saturated rings. The molecule has 0 atom stereocenters. The highest BCUT2D eigenvalue weighted by atomic mass is 35.5. The van der Waals surface area contributed by atoms with Gasteiger partial charge in [0, 0.05) is 12.0 Å². The molecule has 0 amide bonds. The van der Waals surface area contributed by atoms with E-state index in [-0.39, 0.29) is 0 Å². The van der Waals surface area contributed by atoms with E-state index >= 15 is 0 Å². The van der Waals surface area contributed by atoms with E-state index in [1.54, 1.807) is 0 Å². The van der Waals surface area contributed by atoms with Crippen molar-refractivity contribution in [3.63, 3.8) is 0 Å². The molecule has 6 rings (SSSR count). The highest BCUT2D eigenvalue weighted by molar-refractivity contribution is 6.29. The molecule has 0 radical (unpaired) electrons. The third-order valence-electron chi connectivity index (χ3n) is 6.08.